The van der Waals surface area contributed by atoms with E-state index in [0.29, 0.717) is 12.1 Å². The van der Waals surface area contributed by atoms with E-state index in [9.17, 15) is 4.79 Å². The Morgan fingerprint density at radius 2 is 2.30 bits per heavy atom. The average Bonchev–Trinajstić information content (AvgIpc) is 1.99. The number of carbonyl (C=O) groups excluding carboxylic acids is 1. The fourth-order valence-corrected chi connectivity index (χ4v) is 0.316. The van der Waals surface area contributed by atoms with Crippen molar-refractivity contribution in [2.24, 2.45) is 5.16 Å². The molecule has 10 heavy (non-hydrogen) atoms. The van der Waals surface area contributed by atoms with E-state index >= 15 is 0 Å². The molecule has 0 unspecified atom stereocenters. The number of rotatable bonds is 3. The highest BCUT2D eigenvalue weighted by molar-refractivity contribution is 5.84. The number of hydrogen-bond donors (Lipinski definition) is 1. The van der Waals surface area contributed by atoms with Crippen LogP contribution in [0, 0.1) is 0 Å². The first-order valence-corrected chi connectivity index (χ1v) is 3.03. The molecule has 0 heterocycles. The highest BCUT2D eigenvalue weighted by Crippen LogP contribution is 1.85. The molecular weight excluding hydrogens is 134 g/mol. The van der Waals surface area contributed by atoms with Crippen LogP contribution in [-0.4, -0.2) is 23.5 Å². The molecule has 0 saturated heterocycles. The number of esters is 1. The number of carbonyl (C=O) groups is 1. The summed E-state index contributed by atoms with van der Waals surface area (Å²) in [5, 5.41) is 11.0. The molecule has 0 aromatic rings. The Labute approximate surface area is 59.5 Å². The first kappa shape index (κ1) is 8.94. The van der Waals surface area contributed by atoms with Gasteiger partial charge in [0.1, 0.15) is 6.61 Å². The van der Waals surface area contributed by atoms with Crippen molar-refractivity contribution < 1.29 is 14.7 Å². The lowest BCUT2D eigenvalue weighted by Gasteiger charge is -1.99. The van der Waals surface area contributed by atoms with E-state index in [-0.39, 0.29) is 12.6 Å². The first-order valence-electron chi connectivity index (χ1n) is 3.03. The Morgan fingerprint density at radius 3 is 2.70 bits per heavy atom. The maximum Gasteiger partial charge on any atom is 0.305 e. The van der Waals surface area contributed by atoms with Crippen LogP contribution in [0.15, 0.2) is 5.16 Å². The predicted molar refractivity (Wildman–Crippen MR) is 36.1 cm³/mol. The highest BCUT2D eigenvalue weighted by atomic mass is 16.5. The summed E-state index contributed by atoms with van der Waals surface area (Å²) >= 11 is 0. The molecule has 0 atom stereocenters. The van der Waals surface area contributed by atoms with Gasteiger partial charge in [-0.1, -0.05) is 12.1 Å². The summed E-state index contributed by atoms with van der Waals surface area (Å²) in [7, 11) is 0. The zero-order valence-corrected chi connectivity index (χ0v) is 6.13. The summed E-state index contributed by atoms with van der Waals surface area (Å²) in [5.41, 5.74) is 0.391. The molecule has 4 heteroatoms. The van der Waals surface area contributed by atoms with Crippen LogP contribution in [0.25, 0.3) is 0 Å². The molecule has 0 fully saturated rings. The van der Waals surface area contributed by atoms with Crippen molar-refractivity contribution in [3.63, 3.8) is 0 Å². The van der Waals surface area contributed by atoms with Crippen LogP contribution >= 0.6 is 0 Å². The third-order valence-electron chi connectivity index (χ3n) is 0.901. The Hall–Kier alpha value is -1.06. The van der Waals surface area contributed by atoms with Crippen molar-refractivity contribution in [1.29, 1.82) is 0 Å². The van der Waals surface area contributed by atoms with Gasteiger partial charge in [0.05, 0.1) is 5.71 Å². The van der Waals surface area contributed by atoms with Gasteiger partial charge in [-0.2, -0.15) is 0 Å². The van der Waals surface area contributed by atoms with E-state index in [2.05, 4.69) is 9.89 Å². The van der Waals surface area contributed by atoms with E-state index in [4.69, 9.17) is 5.21 Å². The zero-order chi connectivity index (χ0) is 7.98. The highest BCUT2D eigenvalue weighted by Gasteiger charge is 1.98. The lowest BCUT2D eigenvalue weighted by molar-refractivity contribution is -0.141. The maximum absolute atomic E-state index is 10.5. The topological polar surface area (TPSA) is 58.9 Å². The lowest BCUT2D eigenvalue weighted by Crippen LogP contribution is -2.10. The van der Waals surface area contributed by atoms with Gasteiger partial charge in [-0.25, -0.2) is 0 Å². The van der Waals surface area contributed by atoms with Crippen LogP contribution in [0.4, 0.5) is 0 Å². The molecule has 0 bridgehead atoms. The number of oxime groups is 1. The van der Waals surface area contributed by atoms with Gasteiger partial charge in [0, 0.05) is 6.42 Å². The van der Waals surface area contributed by atoms with Gasteiger partial charge >= 0.3 is 5.97 Å². The summed E-state index contributed by atoms with van der Waals surface area (Å²) in [6.45, 7) is 3.35. The van der Waals surface area contributed by atoms with Crippen LogP contribution in [0.2, 0.25) is 0 Å². The second kappa shape index (κ2) is 4.78. The van der Waals surface area contributed by atoms with Crippen LogP contribution in [-0.2, 0) is 9.53 Å². The Morgan fingerprint density at radius 1 is 1.70 bits per heavy atom. The molecule has 0 rings (SSSR count). The van der Waals surface area contributed by atoms with Crippen molar-refractivity contribution in [3.8, 4) is 0 Å². The SMILES string of the molecule is CCC(=O)OC/C(C)=N/O. The summed E-state index contributed by atoms with van der Waals surface area (Å²) in [6, 6.07) is 0. The first-order chi connectivity index (χ1) is 4.70. The van der Waals surface area contributed by atoms with Crippen molar-refractivity contribution in [2.45, 2.75) is 20.3 Å². The van der Waals surface area contributed by atoms with Crippen molar-refractivity contribution >= 4 is 11.7 Å². The minimum atomic E-state index is -0.289. The predicted octanol–water partition coefficient (Wildman–Crippen LogP) is 0.790. The molecule has 0 aliphatic heterocycles. The number of ether oxygens (including phenoxy) is 1. The van der Waals surface area contributed by atoms with Crippen molar-refractivity contribution in [2.75, 3.05) is 6.61 Å². The minimum Gasteiger partial charge on any atom is -0.459 e. The van der Waals surface area contributed by atoms with Gasteiger partial charge in [0.25, 0.3) is 0 Å². The quantitative estimate of drug-likeness (QED) is 0.276. The molecule has 0 aromatic carbocycles. The smallest absolute Gasteiger partial charge is 0.305 e. The molecule has 0 radical (unpaired) electrons. The molecular formula is C6H11NO3. The molecule has 0 aromatic heterocycles. The molecule has 0 spiro atoms. The molecule has 0 amide bonds. The summed E-state index contributed by atoms with van der Waals surface area (Å²) in [4.78, 5) is 10.5. The van der Waals surface area contributed by atoms with E-state index in [1.165, 1.54) is 0 Å². The van der Waals surface area contributed by atoms with Crippen LogP contribution in [0.3, 0.4) is 0 Å². The molecule has 0 aliphatic carbocycles. The van der Waals surface area contributed by atoms with Crippen molar-refractivity contribution in [3.05, 3.63) is 0 Å². The standard InChI is InChI=1S/C6H11NO3/c1-3-6(8)10-4-5(2)7-9/h9H,3-4H2,1-2H3/b7-5+. The van der Waals surface area contributed by atoms with Crippen molar-refractivity contribution in [1.82, 2.24) is 0 Å². The van der Waals surface area contributed by atoms with Gasteiger partial charge in [0.2, 0.25) is 0 Å². The molecule has 0 aliphatic rings. The van der Waals surface area contributed by atoms with Gasteiger partial charge in [-0.05, 0) is 6.92 Å². The average molecular weight is 145 g/mol. The summed E-state index contributed by atoms with van der Waals surface area (Å²) < 4.78 is 4.61. The Bertz CT molecular complexity index is 142. The largest absolute Gasteiger partial charge is 0.459 e. The lowest BCUT2D eigenvalue weighted by atomic mass is 10.4. The van der Waals surface area contributed by atoms with Crippen LogP contribution < -0.4 is 0 Å². The molecule has 58 valence electrons. The van der Waals surface area contributed by atoms with Gasteiger partial charge in [0.15, 0.2) is 0 Å². The molecule has 4 nitrogen and oxygen atoms in total. The number of hydrogen-bond acceptors (Lipinski definition) is 4. The van der Waals surface area contributed by atoms with E-state index in [1.54, 1.807) is 13.8 Å². The fraction of sp³-hybridized carbons (Fsp3) is 0.667. The molecule has 1 N–H and O–H groups in total. The maximum atomic E-state index is 10.5. The Balaban J connectivity index is 3.45. The van der Waals surface area contributed by atoms with Crippen LogP contribution in [0.5, 0.6) is 0 Å². The summed E-state index contributed by atoms with van der Waals surface area (Å²) in [5.74, 6) is -0.289. The van der Waals surface area contributed by atoms with Crippen LogP contribution in [0.1, 0.15) is 20.3 Å². The van der Waals surface area contributed by atoms with Gasteiger partial charge < -0.3 is 9.94 Å². The van der Waals surface area contributed by atoms with E-state index in [0.717, 1.165) is 0 Å². The third-order valence-corrected chi connectivity index (χ3v) is 0.901. The number of nitrogens with zero attached hydrogens (tertiary/aromatic N) is 1. The second-order valence-corrected chi connectivity index (χ2v) is 1.85. The Kier molecular flexibility index (Phi) is 4.28. The second-order valence-electron chi connectivity index (χ2n) is 1.85. The normalized spacial score (nSPS) is 11.2. The fourth-order valence-electron chi connectivity index (χ4n) is 0.316. The van der Waals surface area contributed by atoms with E-state index in [1.807, 2.05) is 0 Å². The molecule has 0 saturated carbocycles. The third kappa shape index (κ3) is 3.88. The zero-order valence-electron chi connectivity index (χ0n) is 6.13. The monoisotopic (exact) mass is 145 g/mol. The van der Waals surface area contributed by atoms with Gasteiger partial charge in [-0.15, -0.1) is 0 Å². The minimum absolute atomic E-state index is 0.0726. The summed E-state index contributed by atoms with van der Waals surface area (Å²) in [6.07, 6.45) is 0.346. The van der Waals surface area contributed by atoms with E-state index < -0.39 is 0 Å². The van der Waals surface area contributed by atoms with Gasteiger partial charge in [-0.3, -0.25) is 4.79 Å².